The van der Waals surface area contributed by atoms with Gasteiger partial charge < -0.3 is 16.8 Å². The molecule has 96 valence electrons. The number of carbonyl (C=O) groups excluding carboxylic acids is 1. The van der Waals surface area contributed by atoms with Crippen LogP contribution in [0.2, 0.25) is 0 Å². The summed E-state index contributed by atoms with van der Waals surface area (Å²) in [7, 11) is -1.50. The quantitative estimate of drug-likeness (QED) is 0.590. The fourth-order valence-corrected chi connectivity index (χ4v) is 1.80. The first-order valence-electron chi connectivity index (χ1n) is 4.83. The highest BCUT2D eigenvalue weighted by molar-refractivity contribution is 7.84. The van der Waals surface area contributed by atoms with Crippen LogP contribution < -0.4 is 16.8 Å². The van der Waals surface area contributed by atoms with Crippen molar-refractivity contribution in [1.29, 1.82) is 5.26 Å². The number of nitriles is 1. The summed E-state index contributed by atoms with van der Waals surface area (Å²) in [5, 5.41) is 11.7. The van der Waals surface area contributed by atoms with Crippen LogP contribution in [-0.2, 0) is 15.6 Å². The zero-order valence-corrected chi connectivity index (χ0v) is 10.6. The van der Waals surface area contributed by atoms with Gasteiger partial charge in [-0.15, -0.1) is 0 Å². The van der Waals surface area contributed by atoms with Crippen LogP contribution in [-0.4, -0.2) is 32.4 Å². The number of amides is 1. The monoisotopic (exact) mass is 268 g/mol. The lowest BCUT2D eigenvalue weighted by Crippen LogP contribution is -2.33. The first-order chi connectivity index (χ1) is 8.36. The molecule has 1 amide bonds. The van der Waals surface area contributed by atoms with E-state index in [9.17, 15) is 9.00 Å². The first-order valence-corrected chi connectivity index (χ1v) is 6.39. The Kier molecular flexibility index (Phi) is 4.17. The van der Waals surface area contributed by atoms with Gasteiger partial charge in [0, 0.05) is 6.26 Å². The third-order valence-corrected chi connectivity index (χ3v) is 2.90. The predicted molar refractivity (Wildman–Crippen MR) is 65.8 cm³/mol. The molecule has 8 nitrogen and oxygen atoms in total. The minimum absolute atomic E-state index is 0.0156. The van der Waals surface area contributed by atoms with Gasteiger partial charge in [-0.2, -0.15) is 10.2 Å². The molecule has 0 spiro atoms. The van der Waals surface area contributed by atoms with E-state index in [0.29, 0.717) is 0 Å². The summed E-state index contributed by atoms with van der Waals surface area (Å²) in [5.41, 5.74) is 10.5. The van der Waals surface area contributed by atoms with Gasteiger partial charge in [0.1, 0.15) is 17.7 Å². The molecule has 1 unspecified atom stereocenters. The average molecular weight is 268 g/mol. The standard InChI is InChI=1S/C9H12N6O2S/c1-4(6(11)16)13-7-5(3-10)8(18(2)17)15-9(12)14-7/h4H,1-2H3,(H2,11,16)(H3,12,13,14,15)/t4-,18?/m0/s1. The van der Waals surface area contributed by atoms with E-state index in [1.165, 1.54) is 13.2 Å². The molecule has 9 heteroatoms. The lowest BCUT2D eigenvalue weighted by atomic mass is 10.3. The smallest absolute Gasteiger partial charge is 0.239 e. The van der Waals surface area contributed by atoms with Crippen LogP contribution in [0.5, 0.6) is 0 Å². The van der Waals surface area contributed by atoms with Crippen molar-refractivity contribution in [1.82, 2.24) is 9.97 Å². The number of hydrogen-bond acceptors (Lipinski definition) is 7. The Labute approximate surface area is 106 Å². The predicted octanol–water partition coefficient (Wildman–Crippen LogP) is -1.05. The molecule has 0 aliphatic rings. The Morgan fingerprint density at radius 2 is 2.17 bits per heavy atom. The third-order valence-electron chi connectivity index (χ3n) is 2.06. The SMILES string of the molecule is C[C@H](Nc1nc(N)nc(S(C)=O)c1C#N)C(N)=O. The van der Waals surface area contributed by atoms with Crippen molar-refractivity contribution in [3.05, 3.63) is 5.56 Å². The molecule has 0 radical (unpaired) electrons. The fourth-order valence-electron chi connectivity index (χ4n) is 1.15. The van der Waals surface area contributed by atoms with E-state index in [-0.39, 0.29) is 22.4 Å². The van der Waals surface area contributed by atoms with Crippen molar-refractivity contribution in [3.63, 3.8) is 0 Å². The van der Waals surface area contributed by atoms with Crippen LogP contribution in [0.4, 0.5) is 11.8 Å². The van der Waals surface area contributed by atoms with Crippen molar-refractivity contribution in [2.75, 3.05) is 17.3 Å². The van der Waals surface area contributed by atoms with Crippen molar-refractivity contribution >= 4 is 28.5 Å². The van der Waals surface area contributed by atoms with E-state index in [0.717, 1.165) is 0 Å². The molecular formula is C9H12N6O2S. The Balaban J connectivity index is 3.31. The number of primary amides is 1. The molecule has 0 aliphatic heterocycles. The molecule has 0 saturated heterocycles. The summed E-state index contributed by atoms with van der Waals surface area (Å²) in [4.78, 5) is 18.5. The van der Waals surface area contributed by atoms with Crippen LogP contribution in [0.25, 0.3) is 0 Å². The maximum Gasteiger partial charge on any atom is 0.239 e. The second-order valence-corrected chi connectivity index (χ2v) is 4.74. The molecule has 18 heavy (non-hydrogen) atoms. The number of hydrogen-bond donors (Lipinski definition) is 3. The van der Waals surface area contributed by atoms with Crippen LogP contribution in [0.1, 0.15) is 12.5 Å². The molecule has 0 aromatic carbocycles. The van der Waals surface area contributed by atoms with E-state index in [1.54, 1.807) is 0 Å². The lowest BCUT2D eigenvalue weighted by Gasteiger charge is -2.13. The van der Waals surface area contributed by atoms with E-state index >= 15 is 0 Å². The van der Waals surface area contributed by atoms with Gasteiger partial charge in [-0.25, -0.2) is 4.98 Å². The number of nitrogens with two attached hydrogens (primary N) is 2. The second kappa shape index (κ2) is 5.42. The van der Waals surface area contributed by atoms with Gasteiger partial charge in [-0.1, -0.05) is 0 Å². The number of nitrogens with zero attached hydrogens (tertiary/aromatic N) is 3. The maximum atomic E-state index is 11.4. The zero-order valence-electron chi connectivity index (χ0n) is 9.80. The average Bonchev–Trinajstić information content (AvgIpc) is 2.27. The van der Waals surface area contributed by atoms with E-state index in [1.807, 2.05) is 6.07 Å². The van der Waals surface area contributed by atoms with E-state index in [2.05, 4.69) is 15.3 Å². The summed E-state index contributed by atoms with van der Waals surface area (Å²) in [6.45, 7) is 1.50. The number of carbonyl (C=O) groups is 1. The number of nitrogens with one attached hydrogen (secondary N) is 1. The van der Waals surface area contributed by atoms with Crippen molar-refractivity contribution in [3.8, 4) is 6.07 Å². The molecule has 2 atom stereocenters. The minimum Gasteiger partial charge on any atom is -0.368 e. The van der Waals surface area contributed by atoms with Crippen LogP contribution in [0, 0.1) is 11.3 Å². The Morgan fingerprint density at radius 1 is 1.56 bits per heavy atom. The van der Waals surface area contributed by atoms with Gasteiger partial charge in [0.2, 0.25) is 11.9 Å². The molecule has 0 fully saturated rings. The van der Waals surface area contributed by atoms with Crippen LogP contribution in [0.3, 0.4) is 0 Å². The summed E-state index contributed by atoms with van der Waals surface area (Å²) < 4.78 is 11.4. The fraction of sp³-hybridized carbons (Fsp3) is 0.333. The molecule has 1 heterocycles. The first kappa shape index (κ1) is 13.9. The van der Waals surface area contributed by atoms with Gasteiger partial charge >= 0.3 is 0 Å². The number of nitrogen functional groups attached to an aromatic ring is 1. The molecule has 1 rings (SSSR count). The minimum atomic E-state index is -1.50. The van der Waals surface area contributed by atoms with E-state index < -0.39 is 22.7 Å². The normalized spacial score (nSPS) is 13.4. The van der Waals surface area contributed by atoms with Crippen LogP contribution >= 0.6 is 0 Å². The largest absolute Gasteiger partial charge is 0.368 e. The summed E-state index contributed by atoms with van der Waals surface area (Å²) in [6, 6.07) is 1.08. The molecule has 0 saturated carbocycles. The summed E-state index contributed by atoms with van der Waals surface area (Å²) in [6.07, 6.45) is 1.36. The highest BCUT2D eigenvalue weighted by Crippen LogP contribution is 2.19. The van der Waals surface area contributed by atoms with Gasteiger partial charge in [-0.05, 0) is 6.92 Å². The Morgan fingerprint density at radius 3 is 2.61 bits per heavy atom. The van der Waals surface area contributed by atoms with Gasteiger partial charge in [0.15, 0.2) is 10.8 Å². The topological polar surface area (TPSA) is 148 Å². The molecule has 0 bridgehead atoms. The van der Waals surface area contributed by atoms with Gasteiger partial charge in [-0.3, -0.25) is 9.00 Å². The van der Waals surface area contributed by atoms with Gasteiger partial charge in [0.25, 0.3) is 0 Å². The lowest BCUT2D eigenvalue weighted by molar-refractivity contribution is -0.118. The third kappa shape index (κ3) is 2.92. The second-order valence-electron chi connectivity index (χ2n) is 3.44. The Bertz CT molecular complexity index is 553. The molecular weight excluding hydrogens is 256 g/mol. The number of aromatic nitrogens is 2. The van der Waals surface area contributed by atoms with Crippen molar-refractivity contribution < 1.29 is 9.00 Å². The zero-order chi connectivity index (χ0) is 13.9. The maximum absolute atomic E-state index is 11.4. The Hall–Kier alpha value is -2.21. The number of anilines is 2. The highest BCUT2D eigenvalue weighted by atomic mass is 32.2. The molecule has 0 aliphatic carbocycles. The van der Waals surface area contributed by atoms with Crippen molar-refractivity contribution in [2.24, 2.45) is 5.73 Å². The number of rotatable bonds is 4. The highest BCUT2D eigenvalue weighted by Gasteiger charge is 2.19. The molecule has 1 aromatic heterocycles. The van der Waals surface area contributed by atoms with E-state index in [4.69, 9.17) is 16.7 Å². The van der Waals surface area contributed by atoms with Gasteiger partial charge in [0.05, 0.1) is 10.8 Å². The molecule has 5 N–H and O–H groups in total. The van der Waals surface area contributed by atoms with Crippen LogP contribution in [0.15, 0.2) is 5.03 Å². The summed E-state index contributed by atoms with van der Waals surface area (Å²) in [5.74, 6) is -0.713. The summed E-state index contributed by atoms with van der Waals surface area (Å²) >= 11 is 0. The van der Waals surface area contributed by atoms with Crippen molar-refractivity contribution in [2.45, 2.75) is 18.0 Å². The molecule has 1 aromatic rings.